The van der Waals surface area contributed by atoms with Crippen LogP contribution in [0.2, 0.25) is 0 Å². The number of carbonyl (C=O) groups excluding carboxylic acids is 2. The molecule has 3 rings (SSSR count). The first-order valence-electron chi connectivity index (χ1n) is 10.1. The minimum absolute atomic E-state index is 0.211. The molecule has 3 unspecified atom stereocenters. The number of nitrogens with one attached hydrogen (secondary N) is 1. The summed E-state index contributed by atoms with van der Waals surface area (Å²) in [6, 6.07) is 23.6. The Morgan fingerprint density at radius 1 is 0.935 bits per heavy atom. The van der Waals surface area contributed by atoms with Crippen LogP contribution in [0, 0.1) is 0 Å². The van der Waals surface area contributed by atoms with Crippen molar-refractivity contribution in [3.8, 4) is 5.75 Å². The number of Topliss-reactive ketones (excluding diaryl/α,β-unsaturated/α-hetero) is 1. The number of ether oxygens (including phenoxy) is 1. The molecular weight excluding hydrogens is 392 g/mol. The van der Waals surface area contributed by atoms with E-state index in [1.54, 1.807) is 91.9 Å². The molecule has 0 saturated carbocycles. The summed E-state index contributed by atoms with van der Waals surface area (Å²) in [5.74, 6) is -0.0603. The molecule has 0 heterocycles. The second-order valence-electron chi connectivity index (χ2n) is 7.22. The molecule has 0 aliphatic rings. The van der Waals surface area contributed by atoms with E-state index >= 15 is 0 Å². The Balaban J connectivity index is 1.94. The highest BCUT2D eigenvalue weighted by Crippen LogP contribution is 2.31. The fourth-order valence-electron chi connectivity index (χ4n) is 3.53. The van der Waals surface area contributed by atoms with Crippen LogP contribution in [0.4, 0.5) is 4.79 Å². The van der Waals surface area contributed by atoms with Crippen molar-refractivity contribution in [3.63, 3.8) is 0 Å². The molecule has 1 amide bonds. The minimum Gasteiger partial charge on any atom is -0.410 e. The third-order valence-electron chi connectivity index (χ3n) is 5.27. The van der Waals surface area contributed by atoms with E-state index in [0.29, 0.717) is 16.9 Å². The first-order chi connectivity index (χ1) is 15.0. The zero-order chi connectivity index (χ0) is 22.3. The van der Waals surface area contributed by atoms with Gasteiger partial charge in [0.2, 0.25) is 0 Å². The van der Waals surface area contributed by atoms with Gasteiger partial charge in [0.05, 0.1) is 12.1 Å². The zero-order valence-electron chi connectivity index (χ0n) is 17.3. The van der Waals surface area contributed by atoms with Gasteiger partial charge in [-0.05, 0) is 24.1 Å². The quantitative estimate of drug-likeness (QED) is 0.485. The van der Waals surface area contributed by atoms with Crippen molar-refractivity contribution in [1.29, 1.82) is 0 Å². The maximum Gasteiger partial charge on any atom is 0.413 e. The average molecular weight is 418 g/mol. The van der Waals surface area contributed by atoms with Crippen LogP contribution in [-0.2, 0) is 5.60 Å². The lowest BCUT2D eigenvalue weighted by Crippen LogP contribution is -2.62. The van der Waals surface area contributed by atoms with Crippen LogP contribution in [0.1, 0.15) is 29.3 Å². The van der Waals surface area contributed by atoms with Crippen LogP contribution in [0.25, 0.3) is 0 Å². The highest BCUT2D eigenvalue weighted by molar-refractivity contribution is 6.00. The SMILES string of the molecule is CCC(O)(c1ccccc1)C(NC(=O)Oc1ccccc1)C(N)C(=O)c1ccccc1. The minimum atomic E-state index is -1.60. The number of rotatable bonds is 8. The van der Waals surface area contributed by atoms with Crippen LogP contribution in [0.5, 0.6) is 5.75 Å². The lowest BCUT2D eigenvalue weighted by molar-refractivity contribution is -0.0121. The molecule has 0 aliphatic carbocycles. The predicted molar refractivity (Wildman–Crippen MR) is 119 cm³/mol. The summed E-state index contributed by atoms with van der Waals surface area (Å²) < 4.78 is 5.33. The molecule has 3 aromatic carbocycles. The molecule has 31 heavy (non-hydrogen) atoms. The Hall–Kier alpha value is -3.48. The first kappa shape index (κ1) is 22.2. The van der Waals surface area contributed by atoms with Crippen molar-refractivity contribution in [2.45, 2.75) is 31.0 Å². The third-order valence-corrected chi connectivity index (χ3v) is 5.27. The zero-order valence-corrected chi connectivity index (χ0v) is 17.3. The van der Waals surface area contributed by atoms with Gasteiger partial charge >= 0.3 is 6.09 Å². The molecule has 0 spiro atoms. The van der Waals surface area contributed by atoms with Gasteiger partial charge in [0.15, 0.2) is 5.78 Å². The van der Waals surface area contributed by atoms with Crippen molar-refractivity contribution in [2.75, 3.05) is 0 Å². The van der Waals surface area contributed by atoms with Gasteiger partial charge in [-0.15, -0.1) is 0 Å². The van der Waals surface area contributed by atoms with Gasteiger partial charge in [-0.2, -0.15) is 0 Å². The number of benzene rings is 3. The standard InChI is InChI=1S/C25H26N2O4/c1-2-25(30,19-14-8-4-9-15-19)23(21(26)22(28)18-12-6-3-7-13-18)27-24(29)31-20-16-10-5-11-17-20/h3-17,21,23,30H,2,26H2,1H3,(H,27,29). The van der Waals surface area contributed by atoms with Gasteiger partial charge in [-0.3, -0.25) is 4.79 Å². The molecule has 160 valence electrons. The van der Waals surface area contributed by atoms with E-state index in [-0.39, 0.29) is 6.42 Å². The number of ketones is 1. The average Bonchev–Trinajstić information content (AvgIpc) is 2.83. The normalized spacial score (nSPS) is 14.7. The molecule has 6 heteroatoms. The van der Waals surface area contributed by atoms with E-state index in [4.69, 9.17) is 10.5 Å². The van der Waals surface area contributed by atoms with Crippen LogP contribution in [0.3, 0.4) is 0 Å². The Kier molecular flexibility index (Phi) is 7.18. The molecule has 0 saturated heterocycles. The van der Waals surface area contributed by atoms with Crippen molar-refractivity contribution in [3.05, 3.63) is 102 Å². The Morgan fingerprint density at radius 2 is 1.45 bits per heavy atom. The maximum atomic E-state index is 13.1. The summed E-state index contributed by atoms with van der Waals surface area (Å²) in [7, 11) is 0. The predicted octanol–water partition coefficient (Wildman–Crippen LogP) is 3.65. The number of para-hydroxylation sites is 1. The van der Waals surface area contributed by atoms with E-state index in [1.807, 2.05) is 6.07 Å². The number of hydrogen-bond donors (Lipinski definition) is 3. The summed E-state index contributed by atoms with van der Waals surface area (Å²) in [6.07, 6.45) is -0.599. The second kappa shape index (κ2) is 10.0. The van der Waals surface area contributed by atoms with Gasteiger partial charge in [-0.1, -0.05) is 85.8 Å². The highest BCUT2D eigenvalue weighted by Gasteiger charge is 2.44. The van der Waals surface area contributed by atoms with Gasteiger partial charge < -0.3 is 20.9 Å². The second-order valence-corrected chi connectivity index (χ2v) is 7.22. The molecule has 0 aromatic heterocycles. The Labute approximate surface area is 181 Å². The molecule has 0 aliphatic heterocycles. The lowest BCUT2D eigenvalue weighted by Gasteiger charge is -2.39. The van der Waals surface area contributed by atoms with Crippen molar-refractivity contribution in [1.82, 2.24) is 5.32 Å². The van der Waals surface area contributed by atoms with Crippen LogP contribution >= 0.6 is 0 Å². The lowest BCUT2D eigenvalue weighted by atomic mass is 9.78. The molecule has 0 fully saturated rings. The number of aliphatic hydroxyl groups is 1. The molecule has 3 aromatic rings. The number of amides is 1. The number of nitrogens with two attached hydrogens (primary N) is 1. The summed E-state index contributed by atoms with van der Waals surface area (Å²) in [6.45, 7) is 1.77. The molecule has 6 nitrogen and oxygen atoms in total. The van der Waals surface area contributed by atoms with Crippen molar-refractivity contribution >= 4 is 11.9 Å². The van der Waals surface area contributed by atoms with Crippen LogP contribution < -0.4 is 15.8 Å². The van der Waals surface area contributed by atoms with Gasteiger partial charge in [0.1, 0.15) is 11.4 Å². The van der Waals surface area contributed by atoms with Gasteiger partial charge in [0.25, 0.3) is 0 Å². The van der Waals surface area contributed by atoms with Crippen molar-refractivity contribution < 1.29 is 19.4 Å². The van der Waals surface area contributed by atoms with E-state index in [1.165, 1.54) is 0 Å². The van der Waals surface area contributed by atoms with Gasteiger partial charge in [-0.25, -0.2) is 4.79 Å². The fourth-order valence-corrected chi connectivity index (χ4v) is 3.53. The first-order valence-corrected chi connectivity index (χ1v) is 10.1. The molecule has 4 N–H and O–H groups in total. The maximum absolute atomic E-state index is 13.1. The largest absolute Gasteiger partial charge is 0.413 e. The van der Waals surface area contributed by atoms with E-state index in [0.717, 1.165) is 0 Å². The van der Waals surface area contributed by atoms with Gasteiger partial charge in [0, 0.05) is 5.56 Å². The van der Waals surface area contributed by atoms with E-state index in [9.17, 15) is 14.7 Å². The Morgan fingerprint density at radius 3 is 2.00 bits per heavy atom. The molecule has 3 atom stereocenters. The van der Waals surface area contributed by atoms with Crippen molar-refractivity contribution in [2.24, 2.45) is 5.73 Å². The third kappa shape index (κ3) is 5.17. The Bertz CT molecular complexity index is 996. The van der Waals surface area contributed by atoms with E-state index < -0.39 is 29.6 Å². The number of carbonyl (C=O) groups is 2. The summed E-state index contributed by atoms with van der Waals surface area (Å²) >= 11 is 0. The monoisotopic (exact) mass is 418 g/mol. The number of hydrogen-bond acceptors (Lipinski definition) is 5. The smallest absolute Gasteiger partial charge is 0.410 e. The van der Waals surface area contributed by atoms with Crippen LogP contribution in [0.15, 0.2) is 91.0 Å². The summed E-state index contributed by atoms with van der Waals surface area (Å²) in [5, 5.41) is 14.3. The topological polar surface area (TPSA) is 102 Å². The summed E-state index contributed by atoms with van der Waals surface area (Å²) in [5.41, 5.74) is 5.69. The summed E-state index contributed by atoms with van der Waals surface area (Å²) in [4.78, 5) is 25.8. The molecule has 0 bridgehead atoms. The molecular formula is C25H26N2O4. The fraction of sp³-hybridized carbons (Fsp3) is 0.200. The highest BCUT2D eigenvalue weighted by atomic mass is 16.6. The van der Waals surface area contributed by atoms with Crippen LogP contribution in [-0.4, -0.2) is 29.1 Å². The van der Waals surface area contributed by atoms with E-state index in [2.05, 4.69) is 5.32 Å². The molecule has 0 radical (unpaired) electrons.